The molecule has 1 rings (SSSR count). The Morgan fingerprint density at radius 2 is 1.94 bits per heavy atom. The highest BCUT2D eigenvalue weighted by atomic mass is 16.4. The molecular weight excluding hydrogens is 226 g/mol. The third-order valence-corrected chi connectivity index (χ3v) is 3.54. The summed E-state index contributed by atoms with van der Waals surface area (Å²) in [4.78, 5) is 11.4. The van der Waals surface area contributed by atoms with E-state index in [0.29, 0.717) is 12.8 Å². The van der Waals surface area contributed by atoms with Crippen molar-refractivity contribution in [3.63, 3.8) is 0 Å². The minimum atomic E-state index is -0.750. The largest absolute Gasteiger partial charge is 0.481 e. The van der Waals surface area contributed by atoms with E-state index in [0.717, 1.165) is 19.3 Å². The van der Waals surface area contributed by atoms with Crippen molar-refractivity contribution < 1.29 is 9.90 Å². The number of hydrogen-bond donors (Lipinski definition) is 2. The molecule has 0 aromatic heterocycles. The molecule has 0 radical (unpaired) electrons. The number of nitrogens with two attached hydrogens (primary N) is 1. The summed E-state index contributed by atoms with van der Waals surface area (Å²) in [5.74, 6) is -0.750. The van der Waals surface area contributed by atoms with Crippen LogP contribution in [0.15, 0.2) is 30.3 Å². The standard InChI is InChI=1S/C15H23NO2/c1-2-10-15(12-16,14(17)18)11-6-9-13-7-4-3-5-8-13/h3-5,7-8H,2,6,9-12,16H2,1H3,(H,17,18). The van der Waals surface area contributed by atoms with Gasteiger partial charge in [0, 0.05) is 6.54 Å². The Hall–Kier alpha value is -1.35. The van der Waals surface area contributed by atoms with E-state index in [9.17, 15) is 9.90 Å². The number of rotatable bonds is 8. The van der Waals surface area contributed by atoms with Crippen LogP contribution in [0, 0.1) is 5.41 Å². The second kappa shape index (κ2) is 7.17. The quantitative estimate of drug-likeness (QED) is 0.744. The molecule has 100 valence electrons. The van der Waals surface area contributed by atoms with Gasteiger partial charge in [-0.25, -0.2) is 0 Å². The SMILES string of the molecule is CCCC(CN)(CCCc1ccccc1)C(=O)O. The molecule has 0 aliphatic rings. The summed E-state index contributed by atoms with van der Waals surface area (Å²) >= 11 is 0. The Bertz CT molecular complexity index is 364. The van der Waals surface area contributed by atoms with Crippen molar-refractivity contribution in [2.45, 2.75) is 39.0 Å². The van der Waals surface area contributed by atoms with Crippen LogP contribution in [-0.2, 0) is 11.2 Å². The highest BCUT2D eigenvalue weighted by Crippen LogP contribution is 2.29. The molecule has 0 saturated carbocycles. The van der Waals surface area contributed by atoms with Crippen molar-refractivity contribution in [1.29, 1.82) is 0 Å². The molecular formula is C15H23NO2. The zero-order chi connectivity index (χ0) is 13.4. The Labute approximate surface area is 109 Å². The summed E-state index contributed by atoms with van der Waals surface area (Å²) in [5, 5.41) is 9.37. The number of benzene rings is 1. The number of carboxylic acids is 1. The van der Waals surface area contributed by atoms with Crippen LogP contribution in [0.3, 0.4) is 0 Å². The van der Waals surface area contributed by atoms with Gasteiger partial charge >= 0.3 is 5.97 Å². The molecule has 0 bridgehead atoms. The van der Waals surface area contributed by atoms with Crippen molar-refractivity contribution in [2.24, 2.45) is 11.1 Å². The van der Waals surface area contributed by atoms with Crippen molar-refractivity contribution in [3.05, 3.63) is 35.9 Å². The molecule has 0 amide bonds. The Morgan fingerprint density at radius 3 is 2.44 bits per heavy atom. The van der Waals surface area contributed by atoms with Gasteiger partial charge in [0.05, 0.1) is 5.41 Å². The second-order valence-corrected chi connectivity index (χ2v) is 4.88. The topological polar surface area (TPSA) is 63.3 Å². The van der Waals surface area contributed by atoms with E-state index in [1.165, 1.54) is 5.56 Å². The fourth-order valence-corrected chi connectivity index (χ4v) is 2.38. The first kappa shape index (κ1) is 14.7. The summed E-state index contributed by atoms with van der Waals surface area (Å²) in [6.07, 6.45) is 3.96. The van der Waals surface area contributed by atoms with E-state index in [1.54, 1.807) is 0 Å². The molecule has 1 unspecified atom stereocenters. The lowest BCUT2D eigenvalue weighted by Crippen LogP contribution is -2.38. The zero-order valence-electron chi connectivity index (χ0n) is 11.1. The third-order valence-electron chi connectivity index (χ3n) is 3.54. The van der Waals surface area contributed by atoms with Gasteiger partial charge in [0.2, 0.25) is 0 Å². The first-order chi connectivity index (χ1) is 8.64. The number of carboxylic acid groups (broad SMARTS) is 1. The van der Waals surface area contributed by atoms with E-state index in [1.807, 2.05) is 25.1 Å². The minimum absolute atomic E-state index is 0.227. The molecule has 0 spiro atoms. The fourth-order valence-electron chi connectivity index (χ4n) is 2.38. The van der Waals surface area contributed by atoms with Gasteiger partial charge in [-0.2, -0.15) is 0 Å². The highest BCUT2D eigenvalue weighted by Gasteiger charge is 2.35. The predicted molar refractivity (Wildman–Crippen MR) is 73.4 cm³/mol. The van der Waals surface area contributed by atoms with E-state index in [4.69, 9.17) is 5.73 Å². The second-order valence-electron chi connectivity index (χ2n) is 4.88. The molecule has 18 heavy (non-hydrogen) atoms. The number of aliphatic carboxylic acids is 1. The van der Waals surface area contributed by atoms with E-state index in [2.05, 4.69) is 12.1 Å². The molecule has 1 aromatic carbocycles. The maximum atomic E-state index is 11.4. The molecule has 0 heterocycles. The van der Waals surface area contributed by atoms with E-state index in [-0.39, 0.29) is 6.54 Å². The molecule has 3 N–H and O–H groups in total. The molecule has 0 saturated heterocycles. The maximum Gasteiger partial charge on any atom is 0.310 e. The van der Waals surface area contributed by atoms with Gasteiger partial charge in [0.15, 0.2) is 0 Å². The summed E-state index contributed by atoms with van der Waals surface area (Å²) in [7, 11) is 0. The first-order valence-corrected chi connectivity index (χ1v) is 6.62. The van der Waals surface area contributed by atoms with Crippen LogP contribution in [0.1, 0.15) is 38.2 Å². The summed E-state index contributed by atoms with van der Waals surface area (Å²) < 4.78 is 0. The Kier molecular flexibility index (Phi) is 5.86. The smallest absolute Gasteiger partial charge is 0.310 e. The van der Waals surface area contributed by atoms with Crippen molar-refractivity contribution in [2.75, 3.05) is 6.54 Å². The molecule has 1 atom stereocenters. The van der Waals surface area contributed by atoms with Crippen LogP contribution in [-0.4, -0.2) is 17.6 Å². The van der Waals surface area contributed by atoms with Gasteiger partial charge in [0.1, 0.15) is 0 Å². The lowest BCUT2D eigenvalue weighted by atomic mass is 9.78. The molecule has 3 heteroatoms. The van der Waals surface area contributed by atoms with Gasteiger partial charge in [-0.15, -0.1) is 0 Å². The van der Waals surface area contributed by atoms with Gasteiger partial charge in [-0.3, -0.25) is 4.79 Å². The Balaban J connectivity index is 2.55. The monoisotopic (exact) mass is 249 g/mol. The molecule has 0 fully saturated rings. The van der Waals surface area contributed by atoms with Gasteiger partial charge in [-0.05, 0) is 31.2 Å². The van der Waals surface area contributed by atoms with E-state index < -0.39 is 11.4 Å². The van der Waals surface area contributed by atoms with Crippen LogP contribution in [0.25, 0.3) is 0 Å². The van der Waals surface area contributed by atoms with Crippen molar-refractivity contribution in [3.8, 4) is 0 Å². The summed E-state index contributed by atoms with van der Waals surface area (Å²) in [6, 6.07) is 10.2. The summed E-state index contributed by atoms with van der Waals surface area (Å²) in [6.45, 7) is 2.23. The fraction of sp³-hybridized carbons (Fsp3) is 0.533. The van der Waals surface area contributed by atoms with Crippen molar-refractivity contribution in [1.82, 2.24) is 0 Å². The summed E-state index contributed by atoms with van der Waals surface area (Å²) in [5.41, 5.74) is 6.22. The third kappa shape index (κ3) is 3.84. The molecule has 0 aliphatic heterocycles. The van der Waals surface area contributed by atoms with Gasteiger partial charge in [-0.1, -0.05) is 43.7 Å². The average Bonchev–Trinajstić information content (AvgIpc) is 2.38. The van der Waals surface area contributed by atoms with Crippen LogP contribution in [0.4, 0.5) is 0 Å². The first-order valence-electron chi connectivity index (χ1n) is 6.62. The number of hydrogen-bond acceptors (Lipinski definition) is 2. The van der Waals surface area contributed by atoms with E-state index >= 15 is 0 Å². The maximum absolute atomic E-state index is 11.4. The minimum Gasteiger partial charge on any atom is -0.481 e. The average molecular weight is 249 g/mol. The van der Waals surface area contributed by atoms with Crippen LogP contribution in [0.2, 0.25) is 0 Å². The number of carbonyl (C=O) groups is 1. The van der Waals surface area contributed by atoms with Gasteiger partial charge in [0.25, 0.3) is 0 Å². The van der Waals surface area contributed by atoms with Crippen LogP contribution >= 0.6 is 0 Å². The lowest BCUT2D eigenvalue weighted by molar-refractivity contribution is -0.149. The predicted octanol–water partition coefficient (Wildman–Crippen LogP) is 2.84. The molecule has 1 aromatic rings. The van der Waals surface area contributed by atoms with Crippen LogP contribution < -0.4 is 5.73 Å². The molecule has 3 nitrogen and oxygen atoms in total. The number of aryl methyl sites for hydroxylation is 1. The Morgan fingerprint density at radius 1 is 1.28 bits per heavy atom. The molecule has 0 aliphatic carbocycles. The lowest BCUT2D eigenvalue weighted by Gasteiger charge is -2.27. The van der Waals surface area contributed by atoms with Crippen molar-refractivity contribution >= 4 is 5.97 Å². The van der Waals surface area contributed by atoms with Gasteiger partial charge < -0.3 is 10.8 Å². The zero-order valence-corrected chi connectivity index (χ0v) is 11.1. The normalized spacial score (nSPS) is 14.1. The highest BCUT2D eigenvalue weighted by molar-refractivity contribution is 5.74. The van der Waals surface area contributed by atoms with Crippen LogP contribution in [0.5, 0.6) is 0 Å².